The smallest absolute Gasteiger partial charge is 0.211 e. The Bertz CT molecular complexity index is 445. The first-order chi connectivity index (χ1) is 7.43. The highest BCUT2D eigenvalue weighted by Crippen LogP contribution is 2.29. The largest absolute Gasteiger partial charge is 0.416 e. The quantitative estimate of drug-likeness (QED) is 0.576. The maximum atomic E-state index is 12.3. The van der Waals surface area contributed by atoms with Crippen LogP contribution in [0.15, 0.2) is 41.5 Å². The molecule has 0 fully saturated rings. The van der Waals surface area contributed by atoms with E-state index in [0.717, 1.165) is 12.1 Å². The molecule has 0 unspecified atom stereocenters. The molecule has 2 nitrogen and oxygen atoms in total. The van der Waals surface area contributed by atoms with E-state index in [4.69, 9.17) is 0 Å². The van der Waals surface area contributed by atoms with Gasteiger partial charge < -0.3 is 0 Å². The lowest BCUT2D eigenvalue weighted by Gasteiger charge is -2.08. The highest BCUT2D eigenvalue weighted by Gasteiger charge is 2.30. The van der Waals surface area contributed by atoms with Crippen LogP contribution in [0.5, 0.6) is 0 Å². The van der Waals surface area contributed by atoms with E-state index in [0.29, 0.717) is 5.56 Å². The fourth-order valence-electron chi connectivity index (χ4n) is 1.20. The molecule has 5 heteroatoms. The van der Waals surface area contributed by atoms with E-state index in [1.54, 1.807) is 0 Å². The van der Waals surface area contributed by atoms with Crippen LogP contribution < -0.4 is 0 Å². The Morgan fingerprint density at radius 1 is 1.44 bits per heavy atom. The van der Waals surface area contributed by atoms with E-state index in [9.17, 15) is 18.0 Å². The van der Waals surface area contributed by atoms with E-state index in [1.807, 2.05) is 0 Å². The van der Waals surface area contributed by atoms with Crippen LogP contribution in [0.1, 0.15) is 11.1 Å². The number of hydrogen-bond donors (Lipinski definition) is 0. The molecule has 1 aromatic carbocycles. The highest BCUT2D eigenvalue weighted by molar-refractivity contribution is 5.38. The molecular formula is C11H8F3NO. The molecule has 0 aromatic heterocycles. The third-order valence-corrected chi connectivity index (χ3v) is 1.87. The van der Waals surface area contributed by atoms with Crippen molar-refractivity contribution < 1.29 is 18.0 Å². The van der Waals surface area contributed by atoms with Crippen LogP contribution >= 0.6 is 0 Å². The Morgan fingerprint density at radius 3 is 2.69 bits per heavy atom. The van der Waals surface area contributed by atoms with Gasteiger partial charge >= 0.3 is 6.18 Å². The minimum Gasteiger partial charge on any atom is -0.211 e. The predicted molar refractivity (Wildman–Crippen MR) is 52.4 cm³/mol. The molecule has 0 saturated carbocycles. The number of rotatable bonds is 3. The summed E-state index contributed by atoms with van der Waals surface area (Å²) in [5, 5.41) is 0. The second kappa shape index (κ2) is 4.77. The third kappa shape index (κ3) is 3.37. The lowest BCUT2D eigenvalue weighted by molar-refractivity contribution is -0.137. The number of nitrogens with zero attached hydrogens (tertiary/aromatic N) is 1. The monoisotopic (exact) mass is 227 g/mol. The van der Waals surface area contributed by atoms with Gasteiger partial charge in [0.1, 0.15) is 0 Å². The number of benzene rings is 1. The van der Waals surface area contributed by atoms with E-state index in [2.05, 4.69) is 11.6 Å². The van der Waals surface area contributed by atoms with Crippen molar-refractivity contribution in [3.8, 4) is 0 Å². The van der Waals surface area contributed by atoms with Crippen molar-refractivity contribution in [1.29, 1.82) is 0 Å². The van der Waals surface area contributed by atoms with Crippen molar-refractivity contribution in [2.45, 2.75) is 12.6 Å². The van der Waals surface area contributed by atoms with Gasteiger partial charge in [-0.15, -0.1) is 0 Å². The van der Waals surface area contributed by atoms with Gasteiger partial charge in [-0.3, -0.25) is 0 Å². The summed E-state index contributed by atoms with van der Waals surface area (Å²) in [6.07, 6.45) is -2.99. The Hall–Kier alpha value is -1.87. The number of allylic oxidation sites excluding steroid dienone is 1. The van der Waals surface area contributed by atoms with Gasteiger partial charge in [-0.05, 0) is 11.6 Å². The zero-order valence-corrected chi connectivity index (χ0v) is 8.21. The van der Waals surface area contributed by atoms with Gasteiger partial charge in [-0.1, -0.05) is 24.8 Å². The normalized spacial score (nSPS) is 10.7. The molecule has 0 saturated heterocycles. The first kappa shape index (κ1) is 12.2. The second-order valence-electron chi connectivity index (χ2n) is 3.14. The molecule has 0 aliphatic heterocycles. The van der Waals surface area contributed by atoms with Gasteiger partial charge in [-0.2, -0.15) is 18.2 Å². The van der Waals surface area contributed by atoms with Crippen molar-refractivity contribution in [2.24, 2.45) is 4.99 Å². The summed E-state index contributed by atoms with van der Waals surface area (Å²) in [6.45, 7) is 3.42. The summed E-state index contributed by atoms with van der Waals surface area (Å²) in [6, 6.07) is 4.80. The average molecular weight is 227 g/mol. The van der Waals surface area contributed by atoms with Gasteiger partial charge in [0.15, 0.2) is 0 Å². The number of carbonyl (C=O) groups excluding carboxylic acids is 1. The maximum Gasteiger partial charge on any atom is 0.416 e. The van der Waals surface area contributed by atoms with Crippen molar-refractivity contribution in [2.75, 3.05) is 0 Å². The van der Waals surface area contributed by atoms with Crippen LogP contribution in [0.2, 0.25) is 0 Å². The molecule has 0 aliphatic carbocycles. The molecule has 0 atom stereocenters. The fraction of sp³-hybridized carbons (Fsp3) is 0.182. The Labute approximate surface area is 90.1 Å². The molecule has 1 rings (SSSR count). The van der Waals surface area contributed by atoms with Gasteiger partial charge in [-0.25, -0.2) is 4.79 Å². The summed E-state index contributed by atoms with van der Waals surface area (Å²) >= 11 is 0. The second-order valence-corrected chi connectivity index (χ2v) is 3.14. The number of halogens is 3. The van der Waals surface area contributed by atoms with Crippen molar-refractivity contribution >= 4 is 6.08 Å². The van der Waals surface area contributed by atoms with Crippen LogP contribution in [0, 0.1) is 0 Å². The standard InChI is InChI=1S/C11H8F3NO/c1-8(15-7-16)5-9-3-2-4-10(6-9)11(12,13)14/h2-4,6H,1,5H2. The van der Waals surface area contributed by atoms with Crippen LogP contribution in [0.3, 0.4) is 0 Å². The minimum atomic E-state index is -4.37. The molecule has 84 valence electrons. The van der Waals surface area contributed by atoms with Crippen LogP contribution in [-0.2, 0) is 17.4 Å². The Balaban J connectivity index is 2.91. The van der Waals surface area contributed by atoms with Gasteiger partial charge in [0, 0.05) is 6.42 Å². The number of hydrogen-bond acceptors (Lipinski definition) is 2. The van der Waals surface area contributed by atoms with Crippen LogP contribution in [0.4, 0.5) is 13.2 Å². The SMILES string of the molecule is C=C(Cc1cccc(C(F)(F)F)c1)N=C=O. The molecule has 16 heavy (non-hydrogen) atoms. The molecule has 0 heterocycles. The van der Waals surface area contributed by atoms with Crippen molar-refractivity contribution in [1.82, 2.24) is 0 Å². The number of alkyl halides is 3. The van der Waals surface area contributed by atoms with Gasteiger partial charge in [0.25, 0.3) is 0 Å². The molecule has 0 amide bonds. The Kier molecular flexibility index (Phi) is 3.64. The number of aliphatic imine (C=N–C) groups is 1. The molecule has 0 aliphatic rings. The lowest BCUT2D eigenvalue weighted by Crippen LogP contribution is -2.05. The topological polar surface area (TPSA) is 29.4 Å². The molecule has 0 N–H and O–H groups in total. The van der Waals surface area contributed by atoms with Crippen molar-refractivity contribution in [3.63, 3.8) is 0 Å². The average Bonchev–Trinajstić information content (AvgIpc) is 2.17. The first-order valence-corrected chi connectivity index (χ1v) is 4.35. The zero-order chi connectivity index (χ0) is 12.2. The summed E-state index contributed by atoms with van der Waals surface area (Å²) in [4.78, 5) is 13.1. The Morgan fingerprint density at radius 2 is 2.12 bits per heavy atom. The summed E-state index contributed by atoms with van der Waals surface area (Å²) in [5.41, 5.74) is -0.152. The highest BCUT2D eigenvalue weighted by atomic mass is 19.4. The summed E-state index contributed by atoms with van der Waals surface area (Å²) in [7, 11) is 0. The molecule has 0 radical (unpaired) electrons. The summed E-state index contributed by atoms with van der Waals surface area (Å²) < 4.78 is 37.0. The lowest BCUT2D eigenvalue weighted by atomic mass is 10.1. The number of isocyanates is 1. The van der Waals surface area contributed by atoms with E-state index in [-0.39, 0.29) is 12.1 Å². The fourth-order valence-corrected chi connectivity index (χ4v) is 1.20. The molecular weight excluding hydrogens is 219 g/mol. The molecule has 0 bridgehead atoms. The van der Waals surface area contributed by atoms with E-state index >= 15 is 0 Å². The van der Waals surface area contributed by atoms with Gasteiger partial charge in [0.2, 0.25) is 6.08 Å². The van der Waals surface area contributed by atoms with Crippen LogP contribution in [-0.4, -0.2) is 6.08 Å². The molecule has 1 aromatic rings. The van der Waals surface area contributed by atoms with E-state index in [1.165, 1.54) is 18.2 Å². The van der Waals surface area contributed by atoms with E-state index < -0.39 is 11.7 Å². The molecule has 0 spiro atoms. The predicted octanol–water partition coefficient (Wildman–Crippen LogP) is 3.10. The van der Waals surface area contributed by atoms with Crippen molar-refractivity contribution in [3.05, 3.63) is 47.7 Å². The third-order valence-electron chi connectivity index (χ3n) is 1.87. The van der Waals surface area contributed by atoms with Gasteiger partial charge in [0.05, 0.1) is 11.3 Å². The summed E-state index contributed by atoms with van der Waals surface area (Å²) in [5.74, 6) is 0. The zero-order valence-electron chi connectivity index (χ0n) is 8.21. The minimum absolute atomic E-state index is 0.0964. The van der Waals surface area contributed by atoms with Crippen LogP contribution in [0.25, 0.3) is 0 Å². The first-order valence-electron chi connectivity index (χ1n) is 4.35. The maximum absolute atomic E-state index is 12.3.